The van der Waals surface area contributed by atoms with Crippen LogP contribution in [0.1, 0.15) is 32.6 Å². The molecule has 0 aliphatic heterocycles. The lowest BCUT2D eigenvalue weighted by molar-refractivity contribution is -0.148. The number of aliphatic carboxylic acids is 1. The van der Waals surface area contributed by atoms with Crippen LogP contribution in [0.2, 0.25) is 0 Å². The average Bonchev–Trinajstić information content (AvgIpc) is 3.59. The summed E-state index contributed by atoms with van der Waals surface area (Å²) in [5.41, 5.74) is 2.71. The van der Waals surface area contributed by atoms with Gasteiger partial charge in [-0.3, -0.25) is 13.8 Å². The number of thiophene rings is 1. The SMILES string of the molecule is CCCCS(=O)c1cc2c(-c3ccc(OCCOC(=O)CCC(=O)O)cc3)cc(-c3nccs3)nc2s1. The summed E-state index contributed by atoms with van der Waals surface area (Å²) < 4.78 is 24.3. The van der Waals surface area contributed by atoms with Crippen LogP contribution in [-0.2, 0) is 25.1 Å². The van der Waals surface area contributed by atoms with Crippen LogP contribution in [-0.4, -0.2) is 50.2 Å². The van der Waals surface area contributed by atoms with E-state index in [4.69, 9.17) is 19.6 Å². The molecule has 0 saturated carbocycles. The van der Waals surface area contributed by atoms with Gasteiger partial charge >= 0.3 is 11.9 Å². The summed E-state index contributed by atoms with van der Waals surface area (Å²) in [5.74, 6) is -0.354. The Bertz CT molecular complexity index is 1380. The highest BCUT2D eigenvalue weighted by Gasteiger charge is 2.17. The highest BCUT2D eigenvalue weighted by atomic mass is 32.2. The van der Waals surface area contributed by atoms with E-state index in [0.717, 1.165) is 49.1 Å². The molecular weight excluding hydrogens is 532 g/mol. The molecule has 1 atom stereocenters. The number of carboxylic acids is 1. The van der Waals surface area contributed by atoms with E-state index in [2.05, 4.69) is 11.9 Å². The molecule has 0 aliphatic carbocycles. The molecule has 11 heteroatoms. The van der Waals surface area contributed by atoms with Crippen LogP contribution in [0.5, 0.6) is 5.75 Å². The van der Waals surface area contributed by atoms with Crippen molar-refractivity contribution in [2.75, 3.05) is 19.0 Å². The van der Waals surface area contributed by atoms with Crippen molar-refractivity contribution in [1.29, 1.82) is 0 Å². The Labute approximate surface area is 224 Å². The van der Waals surface area contributed by atoms with Crippen molar-refractivity contribution in [2.45, 2.75) is 36.8 Å². The van der Waals surface area contributed by atoms with E-state index in [1.165, 1.54) is 22.7 Å². The molecule has 4 rings (SSSR count). The van der Waals surface area contributed by atoms with Crippen LogP contribution in [0.3, 0.4) is 0 Å². The first kappa shape index (κ1) is 26.9. The second-order valence-corrected chi connectivity index (χ2v) is 11.8. The first-order valence-corrected chi connectivity index (χ1v) is 14.8. The smallest absolute Gasteiger partial charge is 0.306 e. The van der Waals surface area contributed by atoms with Gasteiger partial charge in [0.15, 0.2) is 0 Å². The normalized spacial score (nSPS) is 11.9. The third kappa shape index (κ3) is 7.21. The number of rotatable bonds is 13. The minimum absolute atomic E-state index is 0.0369. The van der Waals surface area contributed by atoms with Gasteiger partial charge in [-0.1, -0.05) is 25.5 Å². The maximum absolute atomic E-state index is 12.8. The van der Waals surface area contributed by atoms with Crippen molar-refractivity contribution in [3.63, 3.8) is 0 Å². The molecule has 3 heterocycles. The van der Waals surface area contributed by atoms with Crippen molar-refractivity contribution in [3.05, 3.63) is 48.0 Å². The molecule has 0 saturated heterocycles. The summed E-state index contributed by atoms with van der Waals surface area (Å²) in [4.78, 5) is 32.1. The highest BCUT2D eigenvalue weighted by molar-refractivity contribution is 7.87. The number of esters is 1. The van der Waals surface area contributed by atoms with E-state index in [0.29, 0.717) is 11.5 Å². The van der Waals surface area contributed by atoms with Crippen LogP contribution in [0.15, 0.2) is 52.2 Å². The van der Waals surface area contributed by atoms with Crippen molar-refractivity contribution in [3.8, 4) is 27.6 Å². The molecule has 0 bridgehead atoms. The second-order valence-electron chi connectivity index (χ2n) is 8.07. The third-order valence-electron chi connectivity index (χ3n) is 5.37. The predicted octanol–water partition coefficient (Wildman–Crippen LogP) is 5.78. The summed E-state index contributed by atoms with van der Waals surface area (Å²) in [5, 5.41) is 12.3. The van der Waals surface area contributed by atoms with Gasteiger partial charge in [0, 0.05) is 22.7 Å². The van der Waals surface area contributed by atoms with Crippen LogP contribution in [0, 0.1) is 0 Å². The third-order valence-corrected chi connectivity index (χ3v) is 9.02. The van der Waals surface area contributed by atoms with Crippen molar-refractivity contribution in [1.82, 2.24) is 9.97 Å². The number of hydrogen-bond donors (Lipinski definition) is 1. The first-order valence-electron chi connectivity index (χ1n) is 11.8. The Morgan fingerprint density at radius 2 is 1.92 bits per heavy atom. The number of carbonyl (C=O) groups is 2. The zero-order valence-corrected chi connectivity index (χ0v) is 22.6. The van der Waals surface area contributed by atoms with Crippen LogP contribution >= 0.6 is 22.7 Å². The van der Waals surface area contributed by atoms with Gasteiger partial charge in [0.2, 0.25) is 0 Å². The maximum Gasteiger partial charge on any atom is 0.306 e. The van der Waals surface area contributed by atoms with Gasteiger partial charge in [0.1, 0.15) is 34.5 Å². The van der Waals surface area contributed by atoms with Gasteiger partial charge in [-0.2, -0.15) is 0 Å². The number of aromatic nitrogens is 2. The molecule has 1 N–H and O–H groups in total. The van der Waals surface area contributed by atoms with Crippen molar-refractivity contribution in [2.24, 2.45) is 0 Å². The highest BCUT2D eigenvalue weighted by Crippen LogP contribution is 2.38. The van der Waals surface area contributed by atoms with Gasteiger partial charge < -0.3 is 14.6 Å². The van der Waals surface area contributed by atoms with E-state index >= 15 is 0 Å². The van der Waals surface area contributed by atoms with E-state index < -0.39 is 22.7 Å². The number of unbranched alkanes of at least 4 members (excludes halogenated alkanes) is 1. The lowest BCUT2D eigenvalue weighted by atomic mass is 10.0. The number of benzene rings is 1. The Morgan fingerprint density at radius 3 is 2.62 bits per heavy atom. The second kappa shape index (κ2) is 12.9. The van der Waals surface area contributed by atoms with Gasteiger partial charge in [-0.05, 0) is 41.8 Å². The molecule has 1 unspecified atom stereocenters. The molecular formula is C26H26N2O6S3. The number of ether oxygens (including phenoxy) is 2. The zero-order chi connectivity index (χ0) is 26.2. The standard InChI is InChI=1S/C26H26N2O6S3/c1-2-3-14-37(32)24-16-20-19(15-21(28-25(20)36-24)26-27-10-13-35-26)17-4-6-18(7-5-17)33-11-12-34-23(31)9-8-22(29)30/h4-7,10,13,15-16H,2-3,8-9,11-12,14H2,1H3,(H,29,30). The van der Waals surface area contributed by atoms with Crippen molar-refractivity contribution >= 4 is 55.6 Å². The maximum atomic E-state index is 12.8. The number of nitrogens with zero attached hydrogens (tertiary/aromatic N) is 2. The number of carbonyl (C=O) groups excluding carboxylic acids is 1. The monoisotopic (exact) mass is 558 g/mol. The number of fused-ring (bicyclic) bond motifs is 1. The Kier molecular flexibility index (Phi) is 9.37. The summed E-state index contributed by atoms with van der Waals surface area (Å²) in [6, 6.07) is 11.6. The zero-order valence-electron chi connectivity index (χ0n) is 20.2. The van der Waals surface area contributed by atoms with Crippen LogP contribution < -0.4 is 4.74 Å². The summed E-state index contributed by atoms with van der Waals surface area (Å²) >= 11 is 2.99. The van der Waals surface area contributed by atoms with E-state index in [-0.39, 0.29) is 26.1 Å². The Balaban J connectivity index is 1.51. The molecule has 3 aromatic heterocycles. The fraction of sp³-hybridized carbons (Fsp3) is 0.308. The molecule has 0 amide bonds. The number of hydrogen-bond acceptors (Lipinski definition) is 9. The van der Waals surface area contributed by atoms with E-state index in [1.54, 1.807) is 6.20 Å². The topological polar surface area (TPSA) is 116 Å². The molecule has 194 valence electrons. The van der Waals surface area contributed by atoms with Gasteiger partial charge in [-0.25, -0.2) is 9.97 Å². The molecule has 0 radical (unpaired) electrons. The van der Waals surface area contributed by atoms with E-state index in [9.17, 15) is 13.8 Å². The largest absolute Gasteiger partial charge is 0.490 e. The average molecular weight is 559 g/mol. The molecule has 0 fully saturated rings. The van der Waals surface area contributed by atoms with Gasteiger partial charge in [0.25, 0.3) is 0 Å². The predicted molar refractivity (Wildman–Crippen MR) is 146 cm³/mol. The van der Waals surface area contributed by atoms with Gasteiger partial charge in [0.05, 0.1) is 27.9 Å². The van der Waals surface area contributed by atoms with Gasteiger partial charge in [-0.15, -0.1) is 22.7 Å². The number of carboxylic acid groups (broad SMARTS) is 1. The first-order chi connectivity index (χ1) is 17.9. The fourth-order valence-electron chi connectivity index (χ4n) is 3.50. The van der Waals surface area contributed by atoms with Crippen molar-refractivity contribution < 1.29 is 28.4 Å². The summed E-state index contributed by atoms with van der Waals surface area (Å²) in [6.45, 7) is 2.28. The summed E-state index contributed by atoms with van der Waals surface area (Å²) in [6.07, 6.45) is 3.24. The minimum atomic E-state index is -1.06. The minimum Gasteiger partial charge on any atom is -0.490 e. The Hall–Kier alpha value is -3.15. The quantitative estimate of drug-likeness (QED) is 0.162. The molecule has 0 spiro atoms. The van der Waals surface area contributed by atoms with Crippen LogP contribution in [0.4, 0.5) is 0 Å². The molecule has 0 aliphatic rings. The molecule has 8 nitrogen and oxygen atoms in total. The lowest BCUT2D eigenvalue weighted by Crippen LogP contribution is -2.13. The summed E-state index contributed by atoms with van der Waals surface area (Å²) in [7, 11) is -1.06. The number of pyridine rings is 1. The van der Waals surface area contributed by atoms with E-state index in [1.807, 2.05) is 41.8 Å². The Morgan fingerprint density at radius 1 is 1.11 bits per heavy atom. The molecule has 37 heavy (non-hydrogen) atoms. The van der Waals surface area contributed by atoms with Crippen LogP contribution in [0.25, 0.3) is 32.0 Å². The number of thiazole rings is 1. The fourth-order valence-corrected chi connectivity index (χ4v) is 6.75. The lowest BCUT2D eigenvalue weighted by Gasteiger charge is -2.09. The molecule has 4 aromatic rings. The molecule has 1 aromatic carbocycles.